The zero-order valence-electron chi connectivity index (χ0n) is 34.7. The molecule has 4 N–H and O–H groups in total. The molecule has 0 aliphatic heterocycles. The predicted octanol–water partition coefficient (Wildman–Crippen LogP) is 11.1. The van der Waals surface area contributed by atoms with Gasteiger partial charge in [0.25, 0.3) is 0 Å². The van der Waals surface area contributed by atoms with Crippen LogP contribution in [0.3, 0.4) is 0 Å². The molecule has 0 rings (SSSR count). The van der Waals surface area contributed by atoms with E-state index < -0.39 is 57.6 Å². The normalized spacial score (nSPS) is 14.0. The van der Waals surface area contributed by atoms with Crippen molar-refractivity contribution < 1.29 is 47.8 Å². The number of nitrogens with one attached hydrogen (secondary N) is 1. The van der Waals surface area contributed by atoms with Gasteiger partial charge in [0, 0.05) is 12.8 Å². The van der Waals surface area contributed by atoms with Gasteiger partial charge in [0.05, 0.1) is 13.2 Å². The van der Waals surface area contributed by atoms with E-state index >= 15 is 0 Å². The summed E-state index contributed by atoms with van der Waals surface area (Å²) in [4.78, 5) is 45.8. The van der Waals surface area contributed by atoms with Gasteiger partial charge in [-0.25, -0.2) is 9.36 Å². The average molecular weight is 802 g/mol. The number of ether oxygens (including phenoxy) is 1. The van der Waals surface area contributed by atoms with Crippen LogP contribution in [0, 0.1) is 0 Å². The molecule has 3 unspecified atom stereocenters. The number of allylic oxidation sites excluding steroid dienone is 4. The van der Waals surface area contributed by atoms with Gasteiger partial charge >= 0.3 is 19.8 Å². The number of rotatable bonds is 41. The number of unbranched alkanes of at least 4 members (excludes halogenated alkanes) is 23. The minimum atomic E-state index is -4.75. The van der Waals surface area contributed by atoms with Gasteiger partial charge in [0.15, 0.2) is 6.04 Å². The summed E-state index contributed by atoms with van der Waals surface area (Å²) in [5.41, 5.74) is 0. The summed E-state index contributed by atoms with van der Waals surface area (Å²) in [6, 6.07) is -1.55. The fourth-order valence-corrected chi connectivity index (χ4v) is 6.78. The number of phosphoric acid groups is 1. The Balaban J connectivity index is 3.89. The second-order valence-electron chi connectivity index (χ2n) is 14.9. The molecular formula is C43H80NO10P. The maximum absolute atomic E-state index is 12.3. The Kier molecular flexibility index (Phi) is 37.4. The second-order valence-corrected chi connectivity index (χ2v) is 16.3. The zero-order chi connectivity index (χ0) is 40.7. The van der Waals surface area contributed by atoms with Gasteiger partial charge in [-0.3, -0.25) is 18.6 Å². The van der Waals surface area contributed by atoms with Crippen LogP contribution in [0.4, 0.5) is 0 Å². The van der Waals surface area contributed by atoms with E-state index in [0.717, 1.165) is 64.2 Å². The Morgan fingerprint density at radius 1 is 0.564 bits per heavy atom. The quantitative estimate of drug-likeness (QED) is 0.0202. The van der Waals surface area contributed by atoms with Gasteiger partial charge in [-0.2, -0.15) is 0 Å². The Morgan fingerprint density at radius 2 is 0.945 bits per heavy atom. The maximum Gasteiger partial charge on any atom is 0.472 e. The van der Waals surface area contributed by atoms with E-state index in [1.54, 1.807) is 0 Å². The molecule has 0 aromatic carbocycles. The summed E-state index contributed by atoms with van der Waals surface area (Å²) in [5.74, 6) is -2.39. The largest absolute Gasteiger partial charge is 0.480 e. The number of aliphatic hydroxyl groups excluding tert-OH is 1. The molecule has 0 aliphatic carbocycles. The first-order valence-corrected chi connectivity index (χ1v) is 23.4. The molecule has 0 heterocycles. The molecule has 0 aliphatic rings. The lowest BCUT2D eigenvalue weighted by Gasteiger charge is -2.18. The van der Waals surface area contributed by atoms with E-state index in [-0.39, 0.29) is 12.8 Å². The third kappa shape index (κ3) is 38.6. The highest BCUT2D eigenvalue weighted by Gasteiger charge is 2.28. The summed E-state index contributed by atoms with van der Waals surface area (Å²) in [5, 5.41) is 21.8. The van der Waals surface area contributed by atoms with Crippen LogP contribution in [0.1, 0.15) is 200 Å². The van der Waals surface area contributed by atoms with Crippen molar-refractivity contribution in [3.8, 4) is 0 Å². The van der Waals surface area contributed by atoms with Crippen molar-refractivity contribution >= 4 is 25.7 Å². The fraction of sp³-hybridized carbons (Fsp3) is 0.837. The smallest absolute Gasteiger partial charge is 0.472 e. The van der Waals surface area contributed by atoms with Crippen LogP contribution in [-0.4, -0.2) is 64.9 Å². The van der Waals surface area contributed by atoms with Crippen LogP contribution < -0.4 is 5.32 Å². The SMILES string of the molecule is CCCCCC/C=C\CCCCCCCC(=O)NC(COP(=O)(O)OCC(O)COC(=O)CCCCCCCCC/C=C\CCCCCCCCC)C(=O)O. The molecule has 1 amide bonds. The van der Waals surface area contributed by atoms with Crippen molar-refractivity contribution in [1.29, 1.82) is 0 Å². The minimum absolute atomic E-state index is 0.136. The first kappa shape index (κ1) is 53.0. The number of carbonyl (C=O) groups excluding carboxylic acids is 2. The van der Waals surface area contributed by atoms with Crippen LogP contribution >= 0.6 is 7.82 Å². The number of phosphoric ester groups is 1. The lowest BCUT2D eigenvalue weighted by Crippen LogP contribution is -2.43. The third-order valence-corrected chi connectivity index (χ3v) is 10.4. The van der Waals surface area contributed by atoms with E-state index in [4.69, 9.17) is 13.8 Å². The number of carboxylic acids is 1. The van der Waals surface area contributed by atoms with E-state index in [1.165, 1.54) is 96.3 Å². The molecule has 322 valence electrons. The van der Waals surface area contributed by atoms with Crippen LogP contribution in [0.25, 0.3) is 0 Å². The molecule has 0 bridgehead atoms. The summed E-state index contributed by atoms with van der Waals surface area (Å²) in [6.07, 6.45) is 39.2. The summed E-state index contributed by atoms with van der Waals surface area (Å²) in [6.45, 7) is 2.57. The Bertz CT molecular complexity index is 1040. The molecule has 0 saturated carbocycles. The first-order chi connectivity index (χ1) is 26.6. The van der Waals surface area contributed by atoms with Crippen molar-refractivity contribution in [2.75, 3.05) is 19.8 Å². The molecular weight excluding hydrogens is 721 g/mol. The number of aliphatic carboxylic acids is 1. The topological polar surface area (TPSA) is 169 Å². The number of carboxylic acid groups (broad SMARTS) is 1. The highest BCUT2D eigenvalue weighted by atomic mass is 31.2. The van der Waals surface area contributed by atoms with Crippen molar-refractivity contribution in [3.63, 3.8) is 0 Å². The highest BCUT2D eigenvalue weighted by Crippen LogP contribution is 2.43. The molecule has 55 heavy (non-hydrogen) atoms. The lowest BCUT2D eigenvalue weighted by molar-refractivity contribution is -0.147. The maximum atomic E-state index is 12.3. The van der Waals surface area contributed by atoms with E-state index in [9.17, 15) is 34.1 Å². The Morgan fingerprint density at radius 3 is 1.40 bits per heavy atom. The number of esters is 1. The molecule has 3 atom stereocenters. The second kappa shape index (κ2) is 38.8. The standard InChI is InChI=1S/C43H80NO10P/c1-3-5-7-9-11-13-15-17-18-19-20-21-23-25-27-29-31-33-35-42(47)52-36-39(45)37-53-55(50,51)54-38-40(43(48)49)44-41(46)34-32-30-28-26-24-22-16-14-12-10-8-6-4-2/h14,16,18-19,39-40,45H,3-13,15,17,20-38H2,1-2H3,(H,44,46)(H,48,49)(H,50,51)/b16-14-,19-18-. The van der Waals surface area contributed by atoms with E-state index in [1.807, 2.05) is 0 Å². The molecule has 0 saturated heterocycles. The van der Waals surface area contributed by atoms with Crippen molar-refractivity contribution in [2.45, 2.75) is 212 Å². The van der Waals surface area contributed by atoms with Gasteiger partial charge in [-0.1, -0.05) is 147 Å². The average Bonchev–Trinajstić information content (AvgIpc) is 3.16. The van der Waals surface area contributed by atoms with Crippen LogP contribution in [0.2, 0.25) is 0 Å². The molecule has 12 heteroatoms. The number of aliphatic hydroxyl groups is 1. The Hall–Kier alpha value is -2.04. The molecule has 0 fully saturated rings. The monoisotopic (exact) mass is 802 g/mol. The summed E-state index contributed by atoms with van der Waals surface area (Å²) in [7, 11) is -4.75. The summed E-state index contributed by atoms with van der Waals surface area (Å²) < 4.78 is 26.8. The predicted molar refractivity (Wildman–Crippen MR) is 222 cm³/mol. The lowest BCUT2D eigenvalue weighted by atomic mass is 10.1. The first-order valence-electron chi connectivity index (χ1n) is 21.9. The van der Waals surface area contributed by atoms with Crippen molar-refractivity contribution in [3.05, 3.63) is 24.3 Å². The fourth-order valence-electron chi connectivity index (χ4n) is 6.01. The number of hydrogen-bond acceptors (Lipinski definition) is 8. The van der Waals surface area contributed by atoms with Crippen LogP contribution in [0.15, 0.2) is 24.3 Å². The van der Waals surface area contributed by atoms with E-state index in [0.29, 0.717) is 12.8 Å². The van der Waals surface area contributed by atoms with Crippen molar-refractivity contribution in [2.24, 2.45) is 0 Å². The number of hydrogen-bond donors (Lipinski definition) is 4. The molecule has 0 radical (unpaired) electrons. The highest BCUT2D eigenvalue weighted by molar-refractivity contribution is 7.47. The number of carbonyl (C=O) groups is 3. The Labute approximate surface area is 334 Å². The van der Waals surface area contributed by atoms with Crippen LogP contribution in [-0.2, 0) is 32.7 Å². The molecule has 0 spiro atoms. The molecule has 0 aromatic heterocycles. The zero-order valence-corrected chi connectivity index (χ0v) is 35.6. The molecule has 0 aromatic rings. The van der Waals surface area contributed by atoms with Gasteiger partial charge in [-0.15, -0.1) is 0 Å². The minimum Gasteiger partial charge on any atom is -0.480 e. The summed E-state index contributed by atoms with van der Waals surface area (Å²) >= 11 is 0. The van der Waals surface area contributed by atoms with Gasteiger partial charge in [-0.05, 0) is 64.2 Å². The number of amides is 1. The van der Waals surface area contributed by atoms with Crippen LogP contribution in [0.5, 0.6) is 0 Å². The van der Waals surface area contributed by atoms with E-state index in [2.05, 4.69) is 43.5 Å². The van der Waals surface area contributed by atoms with Gasteiger partial charge in [0.1, 0.15) is 12.7 Å². The van der Waals surface area contributed by atoms with Gasteiger partial charge < -0.3 is 25.2 Å². The van der Waals surface area contributed by atoms with Gasteiger partial charge in [0.2, 0.25) is 5.91 Å². The molecule has 11 nitrogen and oxygen atoms in total. The van der Waals surface area contributed by atoms with Crippen molar-refractivity contribution in [1.82, 2.24) is 5.32 Å². The third-order valence-electron chi connectivity index (χ3n) is 9.46.